The van der Waals surface area contributed by atoms with Crippen molar-refractivity contribution < 1.29 is 14.5 Å². The van der Waals surface area contributed by atoms with Gasteiger partial charge in [0, 0.05) is 38.4 Å². The van der Waals surface area contributed by atoms with Gasteiger partial charge in [-0.05, 0) is 20.8 Å². The van der Waals surface area contributed by atoms with Gasteiger partial charge in [-0.2, -0.15) is 0 Å². The monoisotopic (exact) mass is 308 g/mol. The number of amides is 1. The van der Waals surface area contributed by atoms with Gasteiger partial charge >= 0.3 is 6.09 Å². The lowest BCUT2D eigenvalue weighted by Crippen LogP contribution is -2.50. The van der Waals surface area contributed by atoms with Crippen molar-refractivity contribution in [2.45, 2.75) is 26.4 Å². The Morgan fingerprint density at radius 1 is 1.32 bits per heavy atom. The minimum absolute atomic E-state index is 0.0135. The van der Waals surface area contributed by atoms with Gasteiger partial charge in [-0.25, -0.2) is 9.78 Å². The topological polar surface area (TPSA) is 88.8 Å². The molecule has 2 heterocycles. The van der Waals surface area contributed by atoms with Crippen LogP contribution in [0.3, 0.4) is 0 Å². The predicted octanol–water partition coefficient (Wildman–Crippen LogP) is 2.05. The first-order valence-electron chi connectivity index (χ1n) is 7.09. The number of nitro groups is 1. The lowest BCUT2D eigenvalue weighted by molar-refractivity contribution is -0.384. The van der Waals surface area contributed by atoms with Crippen molar-refractivity contribution in [1.29, 1.82) is 0 Å². The third-order valence-corrected chi connectivity index (χ3v) is 3.20. The largest absolute Gasteiger partial charge is 0.444 e. The van der Waals surface area contributed by atoms with Crippen LogP contribution in [0.1, 0.15) is 20.8 Å². The Balaban J connectivity index is 1.96. The average molecular weight is 308 g/mol. The van der Waals surface area contributed by atoms with E-state index in [1.54, 1.807) is 4.90 Å². The van der Waals surface area contributed by atoms with Gasteiger partial charge in [-0.3, -0.25) is 10.1 Å². The average Bonchev–Trinajstić information content (AvgIpc) is 2.46. The van der Waals surface area contributed by atoms with E-state index in [0.717, 1.165) is 0 Å². The predicted molar refractivity (Wildman–Crippen MR) is 80.9 cm³/mol. The summed E-state index contributed by atoms with van der Waals surface area (Å²) in [6.45, 7) is 7.61. The summed E-state index contributed by atoms with van der Waals surface area (Å²) in [5.74, 6) is 0.554. The number of aromatic nitrogens is 1. The van der Waals surface area contributed by atoms with Crippen LogP contribution in [0.5, 0.6) is 0 Å². The van der Waals surface area contributed by atoms with Crippen molar-refractivity contribution in [2.24, 2.45) is 0 Å². The molecule has 2 rings (SSSR count). The van der Waals surface area contributed by atoms with Crippen molar-refractivity contribution in [3.05, 3.63) is 28.4 Å². The van der Waals surface area contributed by atoms with Crippen LogP contribution < -0.4 is 4.90 Å². The van der Waals surface area contributed by atoms with E-state index in [9.17, 15) is 14.9 Å². The highest BCUT2D eigenvalue weighted by atomic mass is 16.6. The molecule has 1 aliphatic rings. The summed E-state index contributed by atoms with van der Waals surface area (Å²) < 4.78 is 5.33. The van der Waals surface area contributed by atoms with Crippen LogP contribution in [-0.4, -0.2) is 52.7 Å². The Bertz CT molecular complexity index is 562. The minimum Gasteiger partial charge on any atom is -0.444 e. The highest BCUT2D eigenvalue weighted by Crippen LogP contribution is 2.20. The zero-order chi connectivity index (χ0) is 16.3. The molecule has 0 atom stereocenters. The molecule has 1 saturated heterocycles. The molecule has 22 heavy (non-hydrogen) atoms. The first kappa shape index (κ1) is 16.0. The van der Waals surface area contributed by atoms with Gasteiger partial charge in [0.15, 0.2) is 0 Å². The molecule has 1 aliphatic heterocycles. The number of carbonyl (C=O) groups is 1. The van der Waals surface area contributed by atoms with Crippen molar-refractivity contribution in [1.82, 2.24) is 9.88 Å². The third-order valence-electron chi connectivity index (χ3n) is 3.20. The number of hydrogen-bond donors (Lipinski definition) is 0. The number of ether oxygens (including phenoxy) is 1. The van der Waals surface area contributed by atoms with Gasteiger partial charge in [0.2, 0.25) is 0 Å². The van der Waals surface area contributed by atoms with Crippen molar-refractivity contribution in [2.75, 3.05) is 31.1 Å². The van der Waals surface area contributed by atoms with Crippen LogP contribution in [0.2, 0.25) is 0 Å². The Labute approximate surface area is 128 Å². The minimum atomic E-state index is -0.518. The fraction of sp³-hybridized carbons (Fsp3) is 0.571. The first-order chi connectivity index (χ1) is 10.3. The molecule has 8 heteroatoms. The fourth-order valence-electron chi connectivity index (χ4n) is 2.14. The zero-order valence-electron chi connectivity index (χ0n) is 13.0. The Morgan fingerprint density at radius 3 is 2.50 bits per heavy atom. The first-order valence-corrected chi connectivity index (χ1v) is 7.09. The van der Waals surface area contributed by atoms with Crippen LogP contribution in [0.4, 0.5) is 16.3 Å². The maximum Gasteiger partial charge on any atom is 0.410 e. The molecule has 0 aliphatic carbocycles. The fourth-order valence-corrected chi connectivity index (χ4v) is 2.14. The second-order valence-electron chi connectivity index (χ2n) is 6.08. The number of pyridine rings is 1. The molecule has 0 N–H and O–H groups in total. The van der Waals surface area contributed by atoms with E-state index in [1.165, 1.54) is 18.3 Å². The number of hydrogen-bond acceptors (Lipinski definition) is 6. The molecule has 1 fully saturated rings. The maximum absolute atomic E-state index is 12.0. The molecule has 0 spiro atoms. The Morgan fingerprint density at radius 2 is 1.95 bits per heavy atom. The number of anilines is 1. The normalized spacial score (nSPS) is 15.6. The quantitative estimate of drug-likeness (QED) is 0.613. The highest BCUT2D eigenvalue weighted by Gasteiger charge is 2.26. The SMILES string of the molecule is CC(C)(C)OC(=O)N1CCN(c2cc([N+](=O)[O-])ccn2)CC1. The third kappa shape index (κ3) is 4.06. The molecule has 0 radical (unpaired) electrons. The van der Waals surface area contributed by atoms with Crippen LogP contribution in [-0.2, 0) is 4.74 Å². The molecular formula is C14H20N4O4. The van der Waals surface area contributed by atoms with Gasteiger partial charge in [-0.1, -0.05) is 0 Å². The van der Waals surface area contributed by atoms with Gasteiger partial charge in [0.1, 0.15) is 11.4 Å². The summed E-state index contributed by atoms with van der Waals surface area (Å²) in [6.07, 6.45) is 1.09. The number of rotatable bonds is 2. The number of nitrogens with zero attached hydrogens (tertiary/aromatic N) is 4. The Kier molecular flexibility index (Phi) is 4.48. The molecule has 0 aromatic carbocycles. The number of carbonyl (C=O) groups excluding carboxylic acids is 1. The summed E-state index contributed by atoms with van der Waals surface area (Å²) in [7, 11) is 0. The number of piperazine rings is 1. The van der Waals surface area contributed by atoms with Gasteiger partial charge in [-0.15, -0.1) is 0 Å². The standard InChI is InChI=1S/C14H20N4O4/c1-14(2,3)22-13(19)17-8-6-16(7-9-17)12-10-11(18(20)21)4-5-15-12/h4-5,10H,6-9H2,1-3H3. The lowest BCUT2D eigenvalue weighted by Gasteiger charge is -2.36. The van der Waals surface area contributed by atoms with E-state index in [-0.39, 0.29) is 11.8 Å². The van der Waals surface area contributed by atoms with E-state index >= 15 is 0 Å². The van der Waals surface area contributed by atoms with E-state index in [4.69, 9.17) is 4.74 Å². The van der Waals surface area contributed by atoms with Crippen LogP contribution in [0, 0.1) is 10.1 Å². The molecule has 1 aromatic heterocycles. The summed E-state index contributed by atoms with van der Waals surface area (Å²) in [5, 5.41) is 10.8. The van der Waals surface area contributed by atoms with Crippen molar-refractivity contribution in [3.63, 3.8) is 0 Å². The van der Waals surface area contributed by atoms with Crippen molar-refractivity contribution >= 4 is 17.6 Å². The molecule has 1 aromatic rings. The van der Waals surface area contributed by atoms with Gasteiger partial charge in [0.25, 0.3) is 5.69 Å². The van der Waals surface area contributed by atoms with Crippen LogP contribution >= 0.6 is 0 Å². The second kappa shape index (κ2) is 6.17. The highest BCUT2D eigenvalue weighted by molar-refractivity contribution is 5.68. The molecule has 0 unspecified atom stereocenters. The summed E-state index contributed by atoms with van der Waals surface area (Å²) in [4.78, 5) is 30.1. The van der Waals surface area contributed by atoms with E-state index in [1.807, 2.05) is 25.7 Å². The molecular weight excluding hydrogens is 288 g/mol. The summed E-state index contributed by atoms with van der Waals surface area (Å²) in [6, 6.07) is 2.81. The lowest BCUT2D eigenvalue weighted by atomic mass is 10.2. The molecule has 0 saturated carbocycles. The van der Waals surface area contributed by atoms with Crippen LogP contribution in [0.15, 0.2) is 18.3 Å². The zero-order valence-corrected chi connectivity index (χ0v) is 13.0. The van der Waals surface area contributed by atoms with Crippen molar-refractivity contribution in [3.8, 4) is 0 Å². The van der Waals surface area contributed by atoms with Gasteiger partial charge in [0.05, 0.1) is 11.0 Å². The summed E-state index contributed by atoms with van der Waals surface area (Å²) in [5.41, 5.74) is -0.505. The Hall–Kier alpha value is -2.38. The maximum atomic E-state index is 12.0. The summed E-state index contributed by atoms with van der Waals surface area (Å²) >= 11 is 0. The van der Waals surface area contributed by atoms with Crippen LogP contribution in [0.25, 0.3) is 0 Å². The van der Waals surface area contributed by atoms with E-state index < -0.39 is 10.5 Å². The molecule has 1 amide bonds. The molecule has 120 valence electrons. The molecule has 8 nitrogen and oxygen atoms in total. The molecule has 0 bridgehead atoms. The van der Waals surface area contributed by atoms with Gasteiger partial charge < -0.3 is 14.5 Å². The smallest absolute Gasteiger partial charge is 0.410 e. The van der Waals surface area contributed by atoms with E-state index in [0.29, 0.717) is 32.0 Å². The second-order valence-corrected chi connectivity index (χ2v) is 6.08. The van der Waals surface area contributed by atoms with E-state index in [2.05, 4.69) is 4.98 Å².